The molecule has 1 amide bonds. The molecule has 2 N–H and O–H groups in total. The Hall–Kier alpha value is -3.48. The average Bonchev–Trinajstić information content (AvgIpc) is 2.66. The van der Waals surface area contributed by atoms with Crippen molar-refractivity contribution in [3.63, 3.8) is 0 Å². The third-order valence-electron chi connectivity index (χ3n) is 3.70. The fraction of sp³-hybridized carbons (Fsp3) is 0.111. The smallest absolute Gasteiger partial charge is 0.269 e. The van der Waals surface area contributed by atoms with E-state index < -0.39 is 10.9 Å². The number of aromatic nitrogens is 1. The molecule has 3 aromatic rings. The Morgan fingerprint density at radius 1 is 1.04 bits per heavy atom. The van der Waals surface area contributed by atoms with Gasteiger partial charge >= 0.3 is 0 Å². The van der Waals surface area contributed by atoms with Gasteiger partial charge in [-0.05, 0) is 37.3 Å². The number of amides is 1. The van der Waals surface area contributed by atoms with E-state index in [1.54, 1.807) is 37.3 Å². The Balaban J connectivity index is 1.72. The van der Waals surface area contributed by atoms with Crippen LogP contribution in [0.5, 0.6) is 11.5 Å². The van der Waals surface area contributed by atoms with Gasteiger partial charge in [0.2, 0.25) is 10.9 Å². The van der Waals surface area contributed by atoms with Gasteiger partial charge in [0.15, 0.2) is 0 Å². The SMILES string of the molecule is CNC(=O)c1cc(Oc2ccc(Nc3c(C)c(=O)c3=O)cc2)ccn1. The highest BCUT2D eigenvalue weighted by Gasteiger charge is 2.16. The molecule has 25 heavy (non-hydrogen) atoms. The maximum absolute atomic E-state index is 11.6. The van der Waals surface area contributed by atoms with Crippen LogP contribution in [0.15, 0.2) is 52.2 Å². The number of hydrogen-bond donors (Lipinski definition) is 2. The predicted octanol–water partition coefficient (Wildman–Crippen LogP) is 1.88. The highest BCUT2D eigenvalue weighted by molar-refractivity contribution is 5.92. The van der Waals surface area contributed by atoms with Gasteiger partial charge < -0.3 is 15.4 Å². The largest absolute Gasteiger partial charge is 0.457 e. The zero-order valence-corrected chi connectivity index (χ0v) is 13.6. The Morgan fingerprint density at radius 3 is 2.40 bits per heavy atom. The van der Waals surface area contributed by atoms with Crippen molar-refractivity contribution in [3.05, 3.63) is 74.3 Å². The first-order chi connectivity index (χ1) is 12.0. The molecule has 3 rings (SSSR count). The highest BCUT2D eigenvalue weighted by atomic mass is 16.5. The van der Waals surface area contributed by atoms with Crippen LogP contribution in [0.25, 0.3) is 0 Å². The molecule has 7 nitrogen and oxygen atoms in total. The van der Waals surface area contributed by atoms with Gasteiger partial charge in [0, 0.05) is 30.6 Å². The number of anilines is 2. The van der Waals surface area contributed by atoms with Crippen LogP contribution in [0.3, 0.4) is 0 Å². The van der Waals surface area contributed by atoms with Crippen LogP contribution in [0.2, 0.25) is 0 Å². The molecule has 1 aromatic heterocycles. The lowest BCUT2D eigenvalue weighted by Crippen LogP contribution is -2.35. The summed E-state index contributed by atoms with van der Waals surface area (Å²) in [7, 11) is 1.53. The molecule has 126 valence electrons. The first-order valence-electron chi connectivity index (χ1n) is 7.52. The topological polar surface area (TPSA) is 97.4 Å². The van der Waals surface area contributed by atoms with E-state index in [9.17, 15) is 14.4 Å². The van der Waals surface area contributed by atoms with Crippen LogP contribution < -0.4 is 26.2 Å². The molecule has 0 atom stereocenters. The fourth-order valence-corrected chi connectivity index (χ4v) is 2.27. The van der Waals surface area contributed by atoms with Crippen LogP contribution in [0, 0.1) is 6.92 Å². The number of rotatable bonds is 5. The third kappa shape index (κ3) is 3.25. The number of benzene rings is 1. The molecule has 7 heteroatoms. The van der Waals surface area contributed by atoms with Gasteiger partial charge in [-0.2, -0.15) is 0 Å². The van der Waals surface area contributed by atoms with Crippen molar-refractivity contribution in [2.45, 2.75) is 6.92 Å². The van der Waals surface area contributed by atoms with Gasteiger partial charge in [-0.3, -0.25) is 19.4 Å². The van der Waals surface area contributed by atoms with E-state index in [4.69, 9.17) is 4.74 Å². The van der Waals surface area contributed by atoms with E-state index >= 15 is 0 Å². The Morgan fingerprint density at radius 2 is 1.76 bits per heavy atom. The quantitative estimate of drug-likeness (QED) is 0.690. The van der Waals surface area contributed by atoms with E-state index in [1.165, 1.54) is 19.3 Å². The normalized spacial score (nSPS) is 10.5. The van der Waals surface area contributed by atoms with Gasteiger partial charge in [-0.1, -0.05) is 0 Å². The summed E-state index contributed by atoms with van der Waals surface area (Å²) >= 11 is 0. The monoisotopic (exact) mass is 337 g/mol. The van der Waals surface area contributed by atoms with E-state index in [0.717, 1.165) is 0 Å². The molecule has 0 spiro atoms. The van der Waals surface area contributed by atoms with Gasteiger partial charge in [0.05, 0.1) is 5.69 Å². The standard InChI is InChI=1S/C18H15N3O4/c1-10-15(17(23)16(10)22)21-11-3-5-12(6-4-11)25-13-7-8-20-14(9-13)18(24)19-2/h3-9,21H,1-2H3,(H,19,24). The number of nitrogens with zero attached hydrogens (tertiary/aromatic N) is 1. The number of carbonyl (C=O) groups is 1. The molecule has 0 unspecified atom stereocenters. The number of carbonyl (C=O) groups excluding carboxylic acids is 1. The van der Waals surface area contributed by atoms with Crippen LogP contribution in [0.4, 0.5) is 11.4 Å². The van der Waals surface area contributed by atoms with Crippen LogP contribution in [0.1, 0.15) is 16.1 Å². The molecule has 2 aromatic carbocycles. The maximum atomic E-state index is 11.6. The summed E-state index contributed by atoms with van der Waals surface area (Å²) in [6, 6.07) is 10.1. The lowest BCUT2D eigenvalue weighted by Gasteiger charge is -2.11. The predicted molar refractivity (Wildman–Crippen MR) is 93.5 cm³/mol. The van der Waals surface area contributed by atoms with Crippen molar-refractivity contribution in [2.75, 3.05) is 12.4 Å². The minimum Gasteiger partial charge on any atom is -0.457 e. The summed E-state index contributed by atoms with van der Waals surface area (Å²) in [6.07, 6.45) is 1.49. The molecule has 0 saturated carbocycles. The second kappa shape index (κ2) is 6.56. The molecule has 0 aliphatic heterocycles. The average molecular weight is 337 g/mol. The van der Waals surface area contributed by atoms with Gasteiger partial charge in [0.25, 0.3) is 5.91 Å². The van der Waals surface area contributed by atoms with E-state index in [0.29, 0.717) is 28.4 Å². The molecular weight excluding hydrogens is 322 g/mol. The molecular formula is C18H15N3O4. The molecule has 0 aliphatic rings. The van der Waals surface area contributed by atoms with Crippen LogP contribution >= 0.6 is 0 Å². The summed E-state index contributed by atoms with van der Waals surface area (Å²) in [6.45, 7) is 1.61. The van der Waals surface area contributed by atoms with Gasteiger partial charge in [0.1, 0.15) is 17.2 Å². The number of ether oxygens (including phenoxy) is 1. The van der Waals surface area contributed by atoms with Crippen LogP contribution in [-0.2, 0) is 0 Å². The lowest BCUT2D eigenvalue weighted by atomic mass is 10.1. The number of nitrogens with one attached hydrogen (secondary N) is 2. The van der Waals surface area contributed by atoms with E-state index in [1.807, 2.05) is 0 Å². The lowest BCUT2D eigenvalue weighted by molar-refractivity contribution is 0.0958. The molecule has 0 radical (unpaired) electrons. The third-order valence-corrected chi connectivity index (χ3v) is 3.70. The summed E-state index contributed by atoms with van der Waals surface area (Å²) in [5.74, 6) is 0.738. The Labute approximate surface area is 143 Å². The number of hydrogen-bond acceptors (Lipinski definition) is 6. The summed E-state index contributed by atoms with van der Waals surface area (Å²) in [4.78, 5) is 38.2. The van der Waals surface area contributed by atoms with Gasteiger partial charge in [-0.25, -0.2) is 0 Å². The van der Waals surface area contributed by atoms with Crippen LogP contribution in [-0.4, -0.2) is 17.9 Å². The molecule has 0 aliphatic carbocycles. The molecule has 1 heterocycles. The molecule has 0 saturated heterocycles. The van der Waals surface area contributed by atoms with Crippen molar-refractivity contribution in [3.8, 4) is 11.5 Å². The highest BCUT2D eigenvalue weighted by Crippen LogP contribution is 2.24. The zero-order valence-electron chi connectivity index (χ0n) is 13.6. The zero-order chi connectivity index (χ0) is 18.0. The Bertz CT molecular complexity index is 1000. The fourth-order valence-electron chi connectivity index (χ4n) is 2.27. The summed E-state index contributed by atoms with van der Waals surface area (Å²) in [5, 5.41) is 5.42. The molecule has 0 bridgehead atoms. The van der Waals surface area contributed by atoms with Crippen molar-refractivity contribution in [1.82, 2.24) is 10.3 Å². The minimum absolute atomic E-state index is 0.258. The Kier molecular flexibility index (Phi) is 4.30. The van der Waals surface area contributed by atoms with Crippen molar-refractivity contribution >= 4 is 17.3 Å². The minimum atomic E-state index is -0.503. The molecule has 0 fully saturated rings. The second-order valence-corrected chi connectivity index (χ2v) is 5.37. The van der Waals surface area contributed by atoms with Gasteiger partial charge in [-0.15, -0.1) is 0 Å². The van der Waals surface area contributed by atoms with Crippen molar-refractivity contribution < 1.29 is 9.53 Å². The summed E-state index contributed by atoms with van der Waals surface area (Å²) < 4.78 is 5.69. The van der Waals surface area contributed by atoms with E-state index in [-0.39, 0.29) is 11.6 Å². The summed E-state index contributed by atoms with van der Waals surface area (Å²) in [5.41, 5.74) is 0.729. The first-order valence-corrected chi connectivity index (χ1v) is 7.52. The first kappa shape index (κ1) is 16.4. The number of pyridine rings is 1. The second-order valence-electron chi connectivity index (χ2n) is 5.37. The van der Waals surface area contributed by atoms with E-state index in [2.05, 4.69) is 15.6 Å². The van der Waals surface area contributed by atoms with Crippen molar-refractivity contribution in [2.24, 2.45) is 0 Å². The van der Waals surface area contributed by atoms with Crippen molar-refractivity contribution in [1.29, 1.82) is 0 Å². The maximum Gasteiger partial charge on any atom is 0.269 e.